The van der Waals surface area contributed by atoms with E-state index in [1.807, 2.05) is 41.0 Å². The van der Waals surface area contributed by atoms with Gasteiger partial charge in [0.1, 0.15) is 7.85 Å². The maximum atomic E-state index is 13.0. The van der Waals surface area contributed by atoms with Crippen molar-refractivity contribution >= 4 is 13.3 Å². The number of nitrogens with zero attached hydrogens (tertiary/aromatic N) is 1. The van der Waals surface area contributed by atoms with Gasteiger partial charge in [0.15, 0.2) is 0 Å². The van der Waals surface area contributed by atoms with Crippen molar-refractivity contribution in [1.82, 2.24) is 4.57 Å². The van der Waals surface area contributed by atoms with Crippen LogP contribution in [0.25, 0.3) is 11.1 Å². The summed E-state index contributed by atoms with van der Waals surface area (Å²) in [4.78, 5) is 13.0. The highest BCUT2D eigenvalue weighted by molar-refractivity contribution is 6.33. The lowest BCUT2D eigenvalue weighted by Gasteiger charge is -2.34. The first kappa shape index (κ1) is 15.1. The summed E-state index contributed by atoms with van der Waals surface area (Å²) in [6.45, 7) is 5.19. The van der Waals surface area contributed by atoms with Crippen molar-refractivity contribution in [1.29, 1.82) is 0 Å². The third kappa shape index (κ3) is 2.53. The maximum Gasteiger partial charge on any atom is 0.258 e. The van der Waals surface area contributed by atoms with E-state index in [4.69, 9.17) is 7.85 Å². The summed E-state index contributed by atoms with van der Waals surface area (Å²) in [5.41, 5.74) is 3.58. The molecule has 2 aromatic rings. The molecule has 2 heterocycles. The predicted octanol–water partition coefficient (Wildman–Crippen LogP) is 3.23. The van der Waals surface area contributed by atoms with Crippen molar-refractivity contribution < 1.29 is 0 Å². The zero-order valence-corrected chi connectivity index (χ0v) is 13.4. The van der Waals surface area contributed by atoms with Gasteiger partial charge >= 0.3 is 0 Å². The Balaban J connectivity index is 2.19. The van der Waals surface area contributed by atoms with E-state index >= 15 is 0 Å². The van der Waals surface area contributed by atoms with Crippen LogP contribution in [0, 0.1) is 5.92 Å². The summed E-state index contributed by atoms with van der Waals surface area (Å²) in [7, 11) is 6.34. The average molecular weight is 291 g/mol. The van der Waals surface area contributed by atoms with Crippen molar-refractivity contribution in [2.24, 2.45) is 5.92 Å². The van der Waals surface area contributed by atoms with Gasteiger partial charge in [0.25, 0.3) is 5.56 Å². The first-order chi connectivity index (χ1) is 10.7. The molecule has 22 heavy (non-hydrogen) atoms. The topological polar surface area (TPSA) is 22.0 Å². The minimum absolute atomic E-state index is 0.104. The lowest BCUT2D eigenvalue weighted by atomic mass is 9.78. The van der Waals surface area contributed by atoms with Gasteiger partial charge in [0, 0.05) is 17.8 Å². The second kappa shape index (κ2) is 6.16. The molecule has 0 amide bonds. The zero-order chi connectivity index (χ0) is 15.7. The Morgan fingerprint density at radius 1 is 1.18 bits per heavy atom. The summed E-state index contributed by atoms with van der Waals surface area (Å²) < 4.78 is 1.95. The first-order valence-electron chi connectivity index (χ1n) is 8.24. The molecular weight excluding hydrogens is 269 g/mol. The van der Waals surface area contributed by atoms with E-state index in [1.54, 1.807) is 0 Å². The predicted molar refractivity (Wildman–Crippen MR) is 93.0 cm³/mol. The molecule has 0 saturated heterocycles. The molecule has 3 rings (SSSR count). The molecule has 3 heteroatoms. The molecule has 2 radical (unpaired) electrons. The van der Waals surface area contributed by atoms with Crippen LogP contribution in [0.1, 0.15) is 44.7 Å². The molecule has 0 spiro atoms. The van der Waals surface area contributed by atoms with Crippen LogP contribution >= 0.6 is 0 Å². The highest BCUT2D eigenvalue weighted by Gasteiger charge is 2.28. The molecule has 1 aromatic carbocycles. The Kier molecular flexibility index (Phi) is 4.24. The highest BCUT2D eigenvalue weighted by Crippen LogP contribution is 2.33. The van der Waals surface area contributed by atoms with Crippen molar-refractivity contribution in [3.63, 3.8) is 0 Å². The van der Waals surface area contributed by atoms with E-state index in [9.17, 15) is 4.79 Å². The number of rotatable bonds is 3. The Morgan fingerprint density at radius 2 is 1.91 bits per heavy atom. The van der Waals surface area contributed by atoms with E-state index in [-0.39, 0.29) is 5.56 Å². The van der Waals surface area contributed by atoms with Crippen LogP contribution in [0.4, 0.5) is 0 Å². The molecule has 1 aliphatic rings. The summed E-state index contributed by atoms with van der Waals surface area (Å²) >= 11 is 0. The molecule has 0 saturated carbocycles. The molecule has 1 aliphatic heterocycles. The number of hydrogen-bond donors (Lipinski definition) is 0. The largest absolute Gasteiger partial charge is 0.312 e. The second-order valence-corrected chi connectivity index (χ2v) is 6.30. The Bertz CT molecular complexity index is 720. The fourth-order valence-corrected chi connectivity index (χ4v) is 3.67. The van der Waals surface area contributed by atoms with Crippen LogP contribution in [0.2, 0.25) is 0 Å². The summed E-state index contributed by atoms with van der Waals surface area (Å²) in [6, 6.07) is 11.7. The van der Waals surface area contributed by atoms with Crippen molar-refractivity contribution in [3.05, 3.63) is 52.4 Å². The number of aromatic nitrogens is 1. The minimum Gasteiger partial charge on any atom is -0.312 e. The van der Waals surface area contributed by atoms with Gasteiger partial charge in [-0.25, -0.2) is 0 Å². The molecule has 0 aliphatic carbocycles. The highest BCUT2D eigenvalue weighted by atomic mass is 16.1. The molecule has 0 fully saturated rings. The van der Waals surface area contributed by atoms with Crippen LogP contribution in [-0.2, 0) is 6.54 Å². The van der Waals surface area contributed by atoms with Gasteiger partial charge in [0.2, 0.25) is 0 Å². The molecule has 0 N–H and O–H groups in total. The maximum absolute atomic E-state index is 13.0. The van der Waals surface area contributed by atoms with Gasteiger partial charge in [-0.1, -0.05) is 62.1 Å². The van der Waals surface area contributed by atoms with Crippen LogP contribution in [0.5, 0.6) is 0 Å². The standard InChI is InChI=1S/C19H22BNO/c1-3-13-10-14(4-2)18-17(20)11-16(19(22)21(18)12-13)15-8-6-5-7-9-15/h5-9,11,13-14H,3-4,10,12H2,1-2H3. The fraction of sp³-hybridized carbons (Fsp3) is 0.421. The van der Waals surface area contributed by atoms with E-state index in [0.717, 1.165) is 42.5 Å². The van der Waals surface area contributed by atoms with Gasteiger partial charge in [-0.2, -0.15) is 0 Å². The van der Waals surface area contributed by atoms with E-state index in [2.05, 4.69) is 13.8 Å². The van der Waals surface area contributed by atoms with Gasteiger partial charge < -0.3 is 4.57 Å². The molecule has 112 valence electrons. The van der Waals surface area contributed by atoms with E-state index in [1.165, 1.54) is 0 Å². The number of benzene rings is 1. The smallest absolute Gasteiger partial charge is 0.258 e. The second-order valence-electron chi connectivity index (χ2n) is 6.30. The zero-order valence-electron chi connectivity index (χ0n) is 13.4. The van der Waals surface area contributed by atoms with Gasteiger partial charge in [-0.15, -0.1) is 0 Å². The molecule has 2 unspecified atom stereocenters. The molecular formula is C19H22BNO. The van der Waals surface area contributed by atoms with Crippen LogP contribution in [-0.4, -0.2) is 12.4 Å². The minimum atomic E-state index is 0.104. The Morgan fingerprint density at radius 3 is 2.55 bits per heavy atom. The van der Waals surface area contributed by atoms with Crippen LogP contribution in [0.3, 0.4) is 0 Å². The lowest BCUT2D eigenvalue weighted by Crippen LogP contribution is -2.39. The van der Waals surface area contributed by atoms with Gasteiger partial charge in [0.05, 0.1) is 0 Å². The molecule has 0 bridgehead atoms. The van der Waals surface area contributed by atoms with E-state index in [0.29, 0.717) is 17.4 Å². The monoisotopic (exact) mass is 291 g/mol. The molecule has 2 atom stereocenters. The third-order valence-electron chi connectivity index (χ3n) is 4.96. The third-order valence-corrected chi connectivity index (χ3v) is 4.96. The lowest BCUT2D eigenvalue weighted by molar-refractivity contribution is 0.307. The van der Waals surface area contributed by atoms with Gasteiger partial charge in [-0.3, -0.25) is 4.79 Å². The van der Waals surface area contributed by atoms with E-state index < -0.39 is 0 Å². The van der Waals surface area contributed by atoms with Crippen molar-refractivity contribution in [3.8, 4) is 11.1 Å². The van der Waals surface area contributed by atoms with Crippen LogP contribution in [0.15, 0.2) is 41.2 Å². The number of fused-ring (bicyclic) bond motifs is 1. The van der Waals surface area contributed by atoms with Crippen LogP contribution < -0.4 is 11.0 Å². The Labute approximate surface area is 133 Å². The normalized spacial score (nSPS) is 20.6. The Hall–Kier alpha value is -1.77. The van der Waals surface area contributed by atoms with Crippen molar-refractivity contribution in [2.45, 2.75) is 45.6 Å². The summed E-state index contributed by atoms with van der Waals surface area (Å²) in [6.07, 6.45) is 3.28. The summed E-state index contributed by atoms with van der Waals surface area (Å²) in [5.74, 6) is 0.969. The number of pyridine rings is 1. The first-order valence-corrected chi connectivity index (χ1v) is 8.24. The summed E-state index contributed by atoms with van der Waals surface area (Å²) in [5, 5.41) is 0. The average Bonchev–Trinajstić information content (AvgIpc) is 2.57. The van der Waals surface area contributed by atoms with Crippen molar-refractivity contribution in [2.75, 3.05) is 0 Å². The van der Waals surface area contributed by atoms with Gasteiger partial charge in [-0.05, 0) is 30.2 Å². The molecule has 2 nitrogen and oxygen atoms in total. The molecule has 1 aromatic heterocycles. The quantitative estimate of drug-likeness (QED) is 0.796. The SMILES string of the molecule is [B]c1cc(-c2ccccc2)c(=O)n2c1C(CC)CC(CC)C2. The number of hydrogen-bond acceptors (Lipinski definition) is 1. The fourth-order valence-electron chi connectivity index (χ4n) is 3.67.